The fourth-order valence-corrected chi connectivity index (χ4v) is 6.30. The van der Waals surface area contributed by atoms with E-state index < -0.39 is 17.1 Å². The highest BCUT2D eigenvalue weighted by Crippen LogP contribution is 2.38. The molecular weight excluding hydrogens is 592 g/mol. The van der Waals surface area contributed by atoms with E-state index in [2.05, 4.69) is 47.4 Å². The van der Waals surface area contributed by atoms with E-state index in [0.717, 1.165) is 69.6 Å². The van der Waals surface area contributed by atoms with Crippen LogP contribution in [0.1, 0.15) is 22.5 Å². The van der Waals surface area contributed by atoms with Crippen LogP contribution in [0.2, 0.25) is 5.02 Å². The lowest BCUT2D eigenvalue weighted by molar-refractivity contribution is 0.150. The predicted octanol–water partition coefficient (Wildman–Crippen LogP) is 4.19. The summed E-state index contributed by atoms with van der Waals surface area (Å²) in [7, 11) is -5.02. The predicted molar refractivity (Wildman–Crippen MR) is 172 cm³/mol. The van der Waals surface area contributed by atoms with E-state index in [1.54, 1.807) is 7.11 Å². The lowest BCUT2D eigenvalue weighted by Crippen LogP contribution is -2.52. The normalized spacial score (nSPS) is 17.9. The Morgan fingerprint density at radius 1 is 1.07 bits per heavy atom. The van der Waals surface area contributed by atoms with Gasteiger partial charge >= 0.3 is 0 Å². The van der Waals surface area contributed by atoms with Gasteiger partial charge in [0, 0.05) is 57.1 Å². The monoisotopic (exact) mass is 633 g/mol. The standard InChI is InChI=1S/C29H39ClN8O4S/c1-19-16-23(26(42-3)17-24(19)38-12-8-20(9-13-38)37-14-10-31-11-15-37)34-29-32-18-21(30)28(35-29)33-22-6-5-7-25(41-2)27(22)36-43(4,39)40/h5-7,16-18,20,31,36H,8-15H2,1-4H3,(H2,32,33,34,35)/i2D3. The third kappa shape index (κ3) is 7.53. The number of aryl methyl sites for hydroxylation is 1. The molecule has 14 heteroatoms. The zero-order valence-corrected chi connectivity index (χ0v) is 26.0. The van der Waals surface area contributed by atoms with Crippen molar-refractivity contribution in [1.29, 1.82) is 0 Å². The fourth-order valence-electron chi connectivity index (χ4n) is 5.58. The maximum atomic E-state index is 12.1. The zero-order chi connectivity index (χ0) is 33.1. The highest BCUT2D eigenvalue weighted by atomic mass is 35.5. The van der Waals surface area contributed by atoms with Crippen LogP contribution in [0.15, 0.2) is 36.5 Å². The van der Waals surface area contributed by atoms with Gasteiger partial charge in [0.15, 0.2) is 5.82 Å². The molecule has 2 fully saturated rings. The molecule has 0 spiro atoms. The molecular formula is C29H39ClN8O4S. The Hall–Kier alpha value is -3.52. The maximum Gasteiger partial charge on any atom is 0.230 e. The molecule has 3 aromatic rings. The number of hydrogen-bond acceptors (Lipinski definition) is 11. The van der Waals surface area contributed by atoms with Crippen LogP contribution in [-0.4, -0.2) is 89.0 Å². The number of para-hydroxylation sites is 1. The van der Waals surface area contributed by atoms with Gasteiger partial charge in [-0.2, -0.15) is 4.98 Å². The summed E-state index contributed by atoms with van der Waals surface area (Å²) in [5.74, 6) is 0.752. The van der Waals surface area contributed by atoms with E-state index in [0.29, 0.717) is 17.5 Å². The van der Waals surface area contributed by atoms with Gasteiger partial charge in [-0.3, -0.25) is 9.62 Å². The van der Waals surface area contributed by atoms with Gasteiger partial charge in [-0.15, -0.1) is 0 Å². The molecule has 2 aromatic carbocycles. The van der Waals surface area contributed by atoms with Crippen molar-refractivity contribution in [2.24, 2.45) is 0 Å². The van der Waals surface area contributed by atoms with Crippen molar-refractivity contribution in [2.75, 3.05) is 79.9 Å². The fraction of sp³-hybridized carbons (Fsp3) is 0.448. The summed E-state index contributed by atoms with van der Waals surface area (Å²) < 4.78 is 59.8. The molecule has 0 unspecified atom stereocenters. The van der Waals surface area contributed by atoms with Gasteiger partial charge in [0.1, 0.15) is 22.2 Å². The van der Waals surface area contributed by atoms with Gasteiger partial charge in [0.2, 0.25) is 16.0 Å². The Morgan fingerprint density at radius 2 is 1.84 bits per heavy atom. The van der Waals surface area contributed by atoms with Crippen molar-refractivity contribution >= 4 is 56.1 Å². The quantitative estimate of drug-likeness (QED) is 0.256. The van der Waals surface area contributed by atoms with Crippen LogP contribution in [0.5, 0.6) is 11.5 Å². The van der Waals surface area contributed by atoms with Crippen molar-refractivity contribution in [2.45, 2.75) is 25.8 Å². The summed E-state index contributed by atoms with van der Waals surface area (Å²) in [6, 6.07) is 9.01. The summed E-state index contributed by atoms with van der Waals surface area (Å²) in [6.07, 6.45) is 4.56. The largest absolute Gasteiger partial charge is 0.494 e. The highest BCUT2D eigenvalue weighted by molar-refractivity contribution is 7.92. The number of hydrogen-bond donors (Lipinski definition) is 4. The van der Waals surface area contributed by atoms with E-state index in [-0.39, 0.29) is 33.9 Å². The number of piperidine rings is 1. The molecule has 0 amide bonds. The first-order chi connectivity index (χ1) is 21.8. The molecule has 2 aliphatic heterocycles. The number of piperazine rings is 1. The topological polar surface area (TPSA) is 133 Å². The molecule has 0 atom stereocenters. The van der Waals surface area contributed by atoms with Crippen molar-refractivity contribution in [3.8, 4) is 11.5 Å². The number of nitrogens with one attached hydrogen (secondary N) is 4. The van der Waals surface area contributed by atoms with Crippen LogP contribution in [0, 0.1) is 6.92 Å². The molecule has 232 valence electrons. The summed E-state index contributed by atoms with van der Waals surface area (Å²) in [6.45, 7) is 8.30. The highest BCUT2D eigenvalue weighted by Gasteiger charge is 2.27. The molecule has 0 bridgehead atoms. The van der Waals surface area contributed by atoms with Crippen molar-refractivity contribution < 1.29 is 22.0 Å². The number of benzene rings is 2. The average molecular weight is 634 g/mol. The van der Waals surface area contributed by atoms with Crippen LogP contribution in [0.25, 0.3) is 0 Å². The molecule has 2 saturated heterocycles. The third-order valence-electron chi connectivity index (χ3n) is 7.66. The first-order valence-electron chi connectivity index (χ1n) is 15.5. The molecule has 1 aromatic heterocycles. The Balaban J connectivity index is 1.35. The summed E-state index contributed by atoms with van der Waals surface area (Å²) in [5.41, 5.74) is 2.89. The molecule has 0 saturated carbocycles. The Morgan fingerprint density at radius 3 is 2.53 bits per heavy atom. The van der Waals surface area contributed by atoms with Crippen LogP contribution in [0.4, 0.5) is 34.5 Å². The van der Waals surface area contributed by atoms with Gasteiger partial charge in [0.25, 0.3) is 0 Å². The second-order valence-corrected chi connectivity index (χ2v) is 12.8. The smallest absolute Gasteiger partial charge is 0.230 e. The Kier molecular flexibility index (Phi) is 8.44. The average Bonchev–Trinajstić information content (AvgIpc) is 3.00. The van der Waals surface area contributed by atoms with Crippen molar-refractivity contribution in [3.63, 3.8) is 0 Å². The van der Waals surface area contributed by atoms with Crippen LogP contribution in [0.3, 0.4) is 0 Å². The third-order valence-corrected chi connectivity index (χ3v) is 8.51. The lowest BCUT2D eigenvalue weighted by atomic mass is 10.0. The van der Waals surface area contributed by atoms with Gasteiger partial charge in [-0.25, -0.2) is 13.4 Å². The second kappa shape index (κ2) is 13.4. The number of methoxy groups -OCH3 is 2. The number of ether oxygens (including phenoxy) is 2. The van der Waals surface area contributed by atoms with E-state index in [9.17, 15) is 8.42 Å². The van der Waals surface area contributed by atoms with E-state index in [4.69, 9.17) is 25.2 Å². The summed E-state index contributed by atoms with van der Waals surface area (Å²) >= 11 is 6.42. The van der Waals surface area contributed by atoms with Gasteiger partial charge in [-0.05, 0) is 43.5 Å². The Bertz CT molecular complexity index is 1650. The molecule has 12 nitrogen and oxygen atoms in total. The van der Waals surface area contributed by atoms with Gasteiger partial charge in [0.05, 0.1) is 42.1 Å². The van der Waals surface area contributed by atoms with Crippen molar-refractivity contribution in [3.05, 3.63) is 47.1 Å². The SMILES string of the molecule is [2H]C([2H])([2H])Oc1cccc(Nc2nc(Nc3cc(C)c(N4CCC(N5CCNCC5)CC4)cc3OC)ncc2Cl)c1NS(C)(=O)=O. The second-order valence-electron chi connectivity index (χ2n) is 10.6. The Labute approximate surface area is 262 Å². The minimum atomic E-state index is -3.81. The van der Waals surface area contributed by atoms with Crippen molar-refractivity contribution in [1.82, 2.24) is 20.2 Å². The number of halogens is 1. The summed E-state index contributed by atoms with van der Waals surface area (Å²) in [4.78, 5) is 13.8. The van der Waals surface area contributed by atoms with Crippen LogP contribution < -0.4 is 35.0 Å². The number of rotatable bonds is 10. The number of sulfonamides is 1. The van der Waals surface area contributed by atoms with Gasteiger partial charge < -0.3 is 30.3 Å². The zero-order valence-electron chi connectivity index (χ0n) is 27.4. The summed E-state index contributed by atoms with van der Waals surface area (Å²) in [5, 5.41) is 9.75. The minimum absolute atomic E-state index is 0.116. The molecule has 43 heavy (non-hydrogen) atoms. The van der Waals surface area contributed by atoms with E-state index in [1.165, 1.54) is 24.4 Å². The molecule has 3 heterocycles. The van der Waals surface area contributed by atoms with E-state index >= 15 is 0 Å². The first kappa shape index (κ1) is 27.1. The molecule has 2 aliphatic rings. The number of nitrogens with zero attached hydrogens (tertiary/aromatic N) is 4. The molecule has 0 radical (unpaired) electrons. The number of aromatic nitrogens is 2. The van der Waals surface area contributed by atoms with E-state index in [1.807, 2.05) is 12.1 Å². The minimum Gasteiger partial charge on any atom is -0.494 e. The number of anilines is 6. The first-order valence-corrected chi connectivity index (χ1v) is 16.3. The molecule has 0 aliphatic carbocycles. The maximum absolute atomic E-state index is 12.1. The molecule has 5 rings (SSSR count). The molecule has 4 N–H and O–H groups in total. The van der Waals surface area contributed by atoms with Crippen LogP contribution >= 0.6 is 11.6 Å². The van der Waals surface area contributed by atoms with Gasteiger partial charge in [-0.1, -0.05) is 17.7 Å². The van der Waals surface area contributed by atoms with Crippen LogP contribution in [-0.2, 0) is 10.0 Å². The lowest BCUT2D eigenvalue weighted by Gasteiger charge is -2.41.